The molecule has 0 atom stereocenters. The van der Waals surface area contributed by atoms with Gasteiger partial charge < -0.3 is 4.74 Å². The third kappa shape index (κ3) is 2.63. The Bertz CT molecular complexity index is 1100. The fourth-order valence-electron chi connectivity index (χ4n) is 3.08. The quantitative estimate of drug-likeness (QED) is 0.547. The van der Waals surface area contributed by atoms with Gasteiger partial charge in [0.15, 0.2) is 0 Å². The molecule has 2 aromatic carbocycles. The summed E-state index contributed by atoms with van der Waals surface area (Å²) >= 11 is 0. The van der Waals surface area contributed by atoms with E-state index >= 15 is 0 Å². The maximum atomic E-state index is 13.9. The molecule has 0 aliphatic rings. The summed E-state index contributed by atoms with van der Waals surface area (Å²) in [5.41, 5.74) is 2.61. The van der Waals surface area contributed by atoms with E-state index in [9.17, 15) is 9.18 Å². The smallest absolute Gasteiger partial charge is 0.263 e. The number of carbonyl (C=O) groups excluding carboxylic acids is 1. The summed E-state index contributed by atoms with van der Waals surface area (Å²) < 4.78 is 20.9. The van der Waals surface area contributed by atoms with Crippen molar-refractivity contribution in [2.24, 2.45) is 0 Å². The number of halogens is 1. The topological polar surface area (TPSA) is 44.1 Å². The minimum atomic E-state index is -0.361. The maximum Gasteiger partial charge on any atom is 0.263 e. The lowest BCUT2D eigenvalue weighted by Gasteiger charge is -2.07. The van der Waals surface area contributed by atoms with Crippen LogP contribution in [0.4, 0.5) is 4.39 Å². The fraction of sp³-hybridized carbons (Fsp3) is 0.0476. The minimum absolute atomic E-state index is 0.226. The number of nitrogens with zero attached hydrogens (tertiary/aromatic N) is 2. The highest BCUT2D eigenvalue weighted by Crippen LogP contribution is 2.36. The predicted octanol–water partition coefficient (Wildman–Crippen LogP) is 4.54. The highest BCUT2D eigenvalue weighted by molar-refractivity contribution is 6.07. The van der Waals surface area contributed by atoms with E-state index in [1.165, 1.54) is 22.9 Å². The Labute approximate surface area is 149 Å². The number of rotatable bonds is 3. The zero-order valence-corrected chi connectivity index (χ0v) is 14.0. The summed E-state index contributed by atoms with van der Waals surface area (Å²) in [7, 11) is 1.58. The van der Waals surface area contributed by atoms with Crippen molar-refractivity contribution in [2.45, 2.75) is 0 Å². The van der Waals surface area contributed by atoms with Gasteiger partial charge in [-0.2, -0.15) is 0 Å². The minimum Gasteiger partial charge on any atom is -0.496 e. The molecule has 0 fully saturated rings. The number of aromatic nitrogens is 2. The van der Waals surface area contributed by atoms with Gasteiger partial charge in [-0.3, -0.25) is 14.3 Å². The van der Waals surface area contributed by atoms with Crippen molar-refractivity contribution < 1.29 is 13.9 Å². The molecule has 0 amide bonds. The predicted molar refractivity (Wildman–Crippen MR) is 97.8 cm³/mol. The average Bonchev–Trinajstić information content (AvgIpc) is 3.06. The summed E-state index contributed by atoms with van der Waals surface area (Å²) in [6.07, 6.45) is 4.85. The van der Waals surface area contributed by atoms with Gasteiger partial charge in [-0.25, -0.2) is 4.39 Å². The van der Waals surface area contributed by atoms with Crippen LogP contribution in [-0.4, -0.2) is 22.6 Å². The summed E-state index contributed by atoms with van der Waals surface area (Å²) in [6.45, 7) is 0. The molecular weight excluding hydrogens is 331 g/mol. The molecular formula is C21H15FN2O2. The van der Waals surface area contributed by atoms with Gasteiger partial charge in [0.1, 0.15) is 11.6 Å². The van der Waals surface area contributed by atoms with Crippen molar-refractivity contribution in [3.63, 3.8) is 0 Å². The van der Waals surface area contributed by atoms with Crippen LogP contribution in [0.2, 0.25) is 0 Å². The first kappa shape index (κ1) is 16.0. The first-order valence-electron chi connectivity index (χ1n) is 8.08. The third-order valence-corrected chi connectivity index (χ3v) is 4.29. The number of methoxy groups -OCH3 is 1. The van der Waals surface area contributed by atoms with Crippen LogP contribution in [0.5, 0.6) is 5.75 Å². The van der Waals surface area contributed by atoms with Crippen LogP contribution in [0.3, 0.4) is 0 Å². The van der Waals surface area contributed by atoms with Crippen LogP contribution in [-0.2, 0) is 0 Å². The summed E-state index contributed by atoms with van der Waals surface area (Å²) in [6, 6.07) is 15.3. The molecule has 0 unspecified atom stereocenters. The molecule has 0 spiro atoms. The van der Waals surface area contributed by atoms with Crippen molar-refractivity contribution in [1.82, 2.24) is 9.55 Å². The molecule has 4 nitrogen and oxygen atoms in total. The number of para-hydroxylation sites is 1. The van der Waals surface area contributed by atoms with Gasteiger partial charge in [-0.15, -0.1) is 0 Å². The highest BCUT2D eigenvalue weighted by Gasteiger charge is 2.18. The molecule has 128 valence electrons. The maximum absolute atomic E-state index is 13.9. The van der Waals surface area contributed by atoms with Crippen molar-refractivity contribution >= 4 is 16.8 Å². The second kappa shape index (κ2) is 6.44. The summed E-state index contributed by atoms with van der Waals surface area (Å²) in [5.74, 6) is 0.0701. The number of hydrogen-bond acceptors (Lipinski definition) is 3. The van der Waals surface area contributed by atoms with Crippen LogP contribution >= 0.6 is 0 Å². The van der Waals surface area contributed by atoms with Crippen molar-refractivity contribution in [1.29, 1.82) is 0 Å². The lowest BCUT2D eigenvalue weighted by atomic mass is 10.0. The van der Waals surface area contributed by atoms with Crippen molar-refractivity contribution in [2.75, 3.05) is 7.11 Å². The van der Waals surface area contributed by atoms with Crippen molar-refractivity contribution in [3.05, 3.63) is 84.6 Å². The molecule has 0 bridgehead atoms. The van der Waals surface area contributed by atoms with Gasteiger partial charge in [-0.1, -0.05) is 18.2 Å². The van der Waals surface area contributed by atoms with Crippen LogP contribution in [0.25, 0.3) is 22.0 Å². The normalized spacial score (nSPS) is 10.8. The lowest BCUT2D eigenvalue weighted by molar-refractivity contribution is 0.0964. The van der Waals surface area contributed by atoms with Gasteiger partial charge in [0.05, 0.1) is 18.2 Å². The summed E-state index contributed by atoms with van der Waals surface area (Å²) in [4.78, 5) is 16.9. The molecule has 2 heterocycles. The monoisotopic (exact) mass is 346 g/mol. The van der Waals surface area contributed by atoms with E-state index in [0.29, 0.717) is 22.2 Å². The Morgan fingerprint density at radius 3 is 2.69 bits per heavy atom. The van der Waals surface area contributed by atoms with Gasteiger partial charge in [0.2, 0.25) is 0 Å². The first-order chi connectivity index (χ1) is 12.7. The number of ether oxygens (including phenoxy) is 1. The Balaban J connectivity index is 1.98. The number of benzene rings is 2. The lowest BCUT2D eigenvalue weighted by Crippen LogP contribution is -2.10. The van der Waals surface area contributed by atoms with Gasteiger partial charge in [0, 0.05) is 35.1 Å². The number of pyridine rings is 1. The highest BCUT2D eigenvalue weighted by atomic mass is 19.1. The zero-order chi connectivity index (χ0) is 18.1. The molecule has 2 aromatic heterocycles. The third-order valence-electron chi connectivity index (χ3n) is 4.29. The van der Waals surface area contributed by atoms with Crippen LogP contribution < -0.4 is 4.74 Å². The van der Waals surface area contributed by atoms with Gasteiger partial charge in [0.25, 0.3) is 5.91 Å². The van der Waals surface area contributed by atoms with Gasteiger partial charge >= 0.3 is 0 Å². The van der Waals surface area contributed by atoms with E-state index in [0.717, 1.165) is 11.1 Å². The molecule has 0 N–H and O–H groups in total. The molecule has 4 aromatic rings. The Morgan fingerprint density at radius 1 is 1.08 bits per heavy atom. The van der Waals surface area contributed by atoms with E-state index in [1.54, 1.807) is 37.7 Å². The van der Waals surface area contributed by atoms with E-state index in [-0.39, 0.29) is 11.7 Å². The van der Waals surface area contributed by atoms with E-state index < -0.39 is 0 Å². The number of fused-ring (bicyclic) bond motifs is 1. The molecule has 0 aliphatic heterocycles. The molecule has 4 rings (SSSR count). The summed E-state index contributed by atoms with van der Waals surface area (Å²) in [5, 5.41) is 0.645. The van der Waals surface area contributed by atoms with E-state index in [1.807, 2.05) is 24.3 Å². The van der Waals surface area contributed by atoms with Crippen LogP contribution in [0.15, 0.2) is 73.2 Å². The average molecular weight is 346 g/mol. The molecule has 0 saturated heterocycles. The Kier molecular flexibility index (Phi) is 3.97. The molecule has 0 aliphatic carbocycles. The van der Waals surface area contributed by atoms with Crippen LogP contribution in [0.1, 0.15) is 10.4 Å². The second-order valence-electron chi connectivity index (χ2n) is 5.82. The van der Waals surface area contributed by atoms with Gasteiger partial charge in [-0.05, 0) is 36.4 Å². The van der Waals surface area contributed by atoms with E-state index in [2.05, 4.69) is 4.98 Å². The fourth-order valence-corrected chi connectivity index (χ4v) is 3.08. The molecule has 26 heavy (non-hydrogen) atoms. The largest absolute Gasteiger partial charge is 0.496 e. The second-order valence-corrected chi connectivity index (χ2v) is 5.82. The zero-order valence-electron chi connectivity index (χ0n) is 14.0. The molecule has 0 saturated carbocycles. The van der Waals surface area contributed by atoms with E-state index in [4.69, 9.17) is 4.74 Å². The standard InChI is InChI=1S/C21H15FN2O2/c1-26-20-7-3-2-6-16(20)18-13-24(19-9-8-15(22)11-17(18)19)21(25)14-5-4-10-23-12-14/h2-13H,1H3. The first-order valence-corrected chi connectivity index (χ1v) is 8.08. The Hall–Kier alpha value is -3.47. The van der Waals surface area contributed by atoms with Crippen LogP contribution in [0, 0.1) is 5.82 Å². The van der Waals surface area contributed by atoms with Crippen molar-refractivity contribution in [3.8, 4) is 16.9 Å². The SMILES string of the molecule is COc1ccccc1-c1cn(C(=O)c2cccnc2)c2ccc(F)cc12. The number of carbonyl (C=O) groups is 1. The number of hydrogen-bond donors (Lipinski definition) is 0. The molecule has 0 radical (unpaired) electrons. The molecule has 5 heteroatoms. The Morgan fingerprint density at radius 2 is 1.92 bits per heavy atom.